The molecule has 0 saturated heterocycles. The predicted octanol–water partition coefficient (Wildman–Crippen LogP) is 4.58. The zero-order chi connectivity index (χ0) is 16.8. The van der Waals surface area contributed by atoms with Crippen LogP contribution in [0.1, 0.15) is 37.1 Å². The highest BCUT2D eigenvalue weighted by atomic mass is 35.5. The minimum absolute atomic E-state index is 0.0801. The largest absolute Gasteiger partial charge is 0.491 e. The highest BCUT2D eigenvalue weighted by Gasteiger charge is 2.10. The summed E-state index contributed by atoms with van der Waals surface area (Å²) in [7, 11) is 0. The number of nitrogens with one attached hydrogen (secondary N) is 1. The predicted molar refractivity (Wildman–Crippen MR) is 95.5 cm³/mol. The van der Waals surface area contributed by atoms with Crippen molar-refractivity contribution in [2.24, 2.45) is 0 Å². The third-order valence-electron chi connectivity index (χ3n) is 3.61. The van der Waals surface area contributed by atoms with E-state index in [2.05, 4.69) is 47.3 Å². The van der Waals surface area contributed by atoms with E-state index >= 15 is 0 Å². The summed E-state index contributed by atoms with van der Waals surface area (Å²) >= 11 is 6.20. The Morgan fingerprint density at radius 3 is 2.74 bits per heavy atom. The van der Waals surface area contributed by atoms with Gasteiger partial charge in [-0.1, -0.05) is 37.1 Å². The number of aryl methyl sites for hydroxylation is 3. The van der Waals surface area contributed by atoms with Crippen molar-refractivity contribution < 1.29 is 4.74 Å². The van der Waals surface area contributed by atoms with Crippen LogP contribution in [0.2, 0.25) is 5.02 Å². The first-order chi connectivity index (χ1) is 11.0. The monoisotopic (exact) mass is 333 g/mol. The maximum atomic E-state index is 6.20. The zero-order valence-electron chi connectivity index (χ0n) is 14.2. The average molecular weight is 334 g/mol. The first kappa shape index (κ1) is 17.5. The second kappa shape index (κ2) is 8.16. The van der Waals surface area contributed by atoms with Crippen molar-refractivity contribution in [1.29, 1.82) is 0 Å². The van der Waals surface area contributed by atoms with E-state index < -0.39 is 0 Å². The number of hydrogen-bond donors (Lipinski definition) is 1. The number of halogens is 1. The molecule has 2 aromatic rings. The van der Waals surface area contributed by atoms with Crippen LogP contribution in [0.15, 0.2) is 24.5 Å². The van der Waals surface area contributed by atoms with Gasteiger partial charge in [-0.2, -0.15) is 0 Å². The van der Waals surface area contributed by atoms with Crippen molar-refractivity contribution in [3.63, 3.8) is 0 Å². The SMILES string of the molecule is CCCc1ccc(OCC(C)Nc2ncnc(C)c2Cl)c(C)c1. The molecule has 0 aliphatic heterocycles. The van der Waals surface area contributed by atoms with E-state index in [-0.39, 0.29) is 6.04 Å². The molecule has 4 nitrogen and oxygen atoms in total. The third kappa shape index (κ3) is 4.83. The van der Waals surface area contributed by atoms with Crippen molar-refractivity contribution in [3.05, 3.63) is 46.4 Å². The Balaban J connectivity index is 1.94. The van der Waals surface area contributed by atoms with E-state index in [0.29, 0.717) is 17.4 Å². The minimum atomic E-state index is 0.0801. The molecule has 0 aliphatic rings. The number of aromatic nitrogens is 2. The fourth-order valence-electron chi connectivity index (χ4n) is 2.37. The van der Waals surface area contributed by atoms with E-state index in [1.807, 2.05) is 13.8 Å². The lowest BCUT2D eigenvalue weighted by Crippen LogP contribution is -2.24. The van der Waals surface area contributed by atoms with E-state index in [1.54, 1.807) is 0 Å². The molecule has 0 aliphatic carbocycles. The van der Waals surface area contributed by atoms with Gasteiger partial charge in [-0.05, 0) is 44.4 Å². The van der Waals surface area contributed by atoms with Crippen molar-refractivity contribution in [3.8, 4) is 5.75 Å². The minimum Gasteiger partial charge on any atom is -0.491 e. The molecule has 1 aromatic carbocycles. The molecule has 0 saturated carbocycles. The van der Waals surface area contributed by atoms with Gasteiger partial charge >= 0.3 is 0 Å². The molecular formula is C18H24ClN3O. The normalized spacial score (nSPS) is 12.0. The molecule has 124 valence electrons. The van der Waals surface area contributed by atoms with Crippen molar-refractivity contribution in [1.82, 2.24) is 9.97 Å². The molecule has 1 N–H and O–H groups in total. The summed E-state index contributed by atoms with van der Waals surface area (Å²) in [5.41, 5.74) is 3.28. The summed E-state index contributed by atoms with van der Waals surface area (Å²) in [4.78, 5) is 8.23. The number of benzene rings is 1. The Morgan fingerprint density at radius 2 is 2.04 bits per heavy atom. The molecule has 1 atom stereocenters. The Labute approximate surface area is 143 Å². The Bertz CT molecular complexity index is 661. The summed E-state index contributed by atoms with van der Waals surface area (Å²) in [5.74, 6) is 1.56. The van der Waals surface area contributed by atoms with E-state index in [1.165, 1.54) is 17.5 Å². The lowest BCUT2D eigenvalue weighted by Gasteiger charge is -2.18. The molecular weight excluding hydrogens is 310 g/mol. The molecule has 1 unspecified atom stereocenters. The number of anilines is 1. The molecule has 0 amide bonds. The van der Waals surface area contributed by atoms with Crippen LogP contribution in [-0.4, -0.2) is 22.6 Å². The molecule has 0 fully saturated rings. The molecule has 1 heterocycles. The van der Waals surface area contributed by atoms with Crippen LogP contribution in [0.3, 0.4) is 0 Å². The van der Waals surface area contributed by atoms with Crippen LogP contribution in [0, 0.1) is 13.8 Å². The Kier molecular flexibility index (Phi) is 6.22. The van der Waals surface area contributed by atoms with Gasteiger partial charge in [-0.25, -0.2) is 9.97 Å². The van der Waals surface area contributed by atoms with Gasteiger partial charge in [0, 0.05) is 0 Å². The van der Waals surface area contributed by atoms with Crippen molar-refractivity contribution >= 4 is 17.4 Å². The highest BCUT2D eigenvalue weighted by molar-refractivity contribution is 6.33. The van der Waals surface area contributed by atoms with Crippen LogP contribution in [0.25, 0.3) is 0 Å². The standard InChI is InChI=1S/C18H24ClN3O/c1-5-6-15-7-8-16(12(2)9-15)23-10-13(3)22-18-17(19)14(4)20-11-21-18/h7-9,11,13H,5-6,10H2,1-4H3,(H,20,21,22). The van der Waals surface area contributed by atoms with Gasteiger partial charge in [0.1, 0.15) is 29.5 Å². The molecule has 0 radical (unpaired) electrons. The zero-order valence-corrected chi connectivity index (χ0v) is 14.9. The quantitative estimate of drug-likeness (QED) is 0.805. The fraction of sp³-hybridized carbons (Fsp3) is 0.444. The van der Waals surface area contributed by atoms with Crippen molar-refractivity contribution in [2.75, 3.05) is 11.9 Å². The lowest BCUT2D eigenvalue weighted by molar-refractivity contribution is 0.301. The van der Waals surface area contributed by atoms with E-state index in [4.69, 9.17) is 16.3 Å². The molecule has 0 spiro atoms. The van der Waals surface area contributed by atoms with Crippen LogP contribution in [-0.2, 0) is 6.42 Å². The highest BCUT2D eigenvalue weighted by Crippen LogP contribution is 2.23. The maximum absolute atomic E-state index is 6.20. The second-order valence-corrected chi connectivity index (χ2v) is 6.21. The first-order valence-electron chi connectivity index (χ1n) is 7.97. The van der Waals surface area contributed by atoms with Crippen LogP contribution >= 0.6 is 11.6 Å². The second-order valence-electron chi connectivity index (χ2n) is 5.83. The summed E-state index contributed by atoms with van der Waals surface area (Å²) in [6.45, 7) is 8.70. The van der Waals surface area contributed by atoms with E-state index in [9.17, 15) is 0 Å². The first-order valence-corrected chi connectivity index (χ1v) is 8.35. The number of rotatable bonds is 7. The Hall–Kier alpha value is -1.81. The topological polar surface area (TPSA) is 47.0 Å². The smallest absolute Gasteiger partial charge is 0.148 e. The number of nitrogens with zero attached hydrogens (tertiary/aromatic N) is 2. The Morgan fingerprint density at radius 1 is 1.26 bits per heavy atom. The molecule has 5 heteroatoms. The van der Waals surface area contributed by atoms with Gasteiger partial charge in [0.2, 0.25) is 0 Å². The maximum Gasteiger partial charge on any atom is 0.148 e. The number of ether oxygens (including phenoxy) is 1. The molecule has 0 bridgehead atoms. The van der Waals surface area contributed by atoms with Gasteiger partial charge in [-0.15, -0.1) is 0 Å². The summed E-state index contributed by atoms with van der Waals surface area (Å²) in [6, 6.07) is 6.46. The third-order valence-corrected chi connectivity index (χ3v) is 4.07. The summed E-state index contributed by atoms with van der Waals surface area (Å²) in [6.07, 6.45) is 3.76. The lowest BCUT2D eigenvalue weighted by atomic mass is 10.1. The van der Waals surface area contributed by atoms with E-state index in [0.717, 1.165) is 24.3 Å². The fourth-order valence-corrected chi connectivity index (χ4v) is 2.52. The van der Waals surface area contributed by atoms with Gasteiger partial charge < -0.3 is 10.1 Å². The van der Waals surface area contributed by atoms with Gasteiger partial charge in [0.05, 0.1) is 11.7 Å². The number of hydrogen-bond acceptors (Lipinski definition) is 4. The van der Waals surface area contributed by atoms with Crippen molar-refractivity contribution in [2.45, 2.75) is 46.6 Å². The van der Waals surface area contributed by atoms with Gasteiger partial charge in [0.15, 0.2) is 0 Å². The molecule has 2 rings (SSSR count). The summed E-state index contributed by atoms with van der Waals surface area (Å²) in [5, 5.41) is 3.82. The van der Waals surface area contributed by atoms with Gasteiger partial charge in [0.25, 0.3) is 0 Å². The average Bonchev–Trinajstić information content (AvgIpc) is 2.51. The summed E-state index contributed by atoms with van der Waals surface area (Å²) < 4.78 is 5.93. The molecule has 1 aromatic heterocycles. The van der Waals surface area contributed by atoms with Gasteiger partial charge in [-0.3, -0.25) is 0 Å². The molecule has 23 heavy (non-hydrogen) atoms. The van der Waals surface area contributed by atoms with Crippen LogP contribution in [0.5, 0.6) is 5.75 Å². The van der Waals surface area contributed by atoms with Crippen LogP contribution in [0.4, 0.5) is 5.82 Å². The van der Waals surface area contributed by atoms with Crippen LogP contribution < -0.4 is 10.1 Å².